The molecule has 1 unspecified atom stereocenters. The Balaban J connectivity index is 2.21. The molecular formula is C17H28N2O. The summed E-state index contributed by atoms with van der Waals surface area (Å²) in [7, 11) is 0. The fourth-order valence-corrected chi connectivity index (χ4v) is 2.88. The molecule has 1 aliphatic rings. The summed E-state index contributed by atoms with van der Waals surface area (Å²) in [5.41, 5.74) is 1.47. The molecule has 1 heterocycles. The van der Waals surface area contributed by atoms with Gasteiger partial charge in [-0.2, -0.15) is 0 Å². The molecular weight excluding hydrogens is 248 g/mol. The molecule has 1 atom stereocenters. The van der Waals surface area contributed by atoms with Gasteiger partial charge < -0.3 is 10.1 Å². The maximum absolute atomic E-state index is 5.66. The molecule has 2 rings (SSSR count). The Morgan fingerprint density at radius 1 is 1.25 bits per heavy atom. The van der Waals surface area contributed by atoms with Gasteiger partial charge in [-0.3, -0.25) is 4.90 Å². The maximum Gasteiger partial charge on any atom is 0.0645 e. The average molecular weight is 276 g/mol. The van der Waals surface area contributed by atoms with Gasteiger partial charge in [0.15, 0.2) is 0 Å². The SMILES string of the molecule is CC(C)NCC(c1ccccc1)N1CCOCC1(C)C. The number of benzene rings is 1. The minimum absolute atomic E-state index is 0.0808. The van der Waals surface area contributed by atoms with Gasteiger partial charge in [0, 0.05) is 30.7 Å². The van der Waals surface area contributed by atoms with Gasteiger partial charge in [0.1, 0.15) is 0 Å². The zero-order valence-corrected chi connectivity index (χ0v) is 13.2. The van der Waals surface area contributed by atoms with Crippen molar-refractivity contribution in [3.63, 3.8) is 0 Å². The van der Waals surface area contributed by atoms with Crippen LogP contribution >= 0.6 is 0 Å². The molecule has 0 radical (unpaired) electrons. The van der Waals surface area contributed by atoms with E-state index in [-0.39, 0.29) is 5.54 Å². The van der Waals surface area contributed by atoms with Crippen molar-refractivity contribution in [2.75, 3.05) is 26.3 Å². The van der Waals surface area contributed by atoms with E-state index in [0.717, 1.165) is 26.3 Å². The second-order valence-corrected chi connectivity index (χ2v) is 6.55. The van der Waals surface area contributed by atoms with Crippen LogP contribution in [0.15, 0.2) is 30.3 Å². The third-order valence-electron chi connectivity index (χ3n) is 3.99. The minimum Gasteiger partial charge on any atom is -0.378 e. The van der Waals surface area contributed by atoms with E-state index in [1.54, 1.807) is 0 Å². The highest BCUT2D eigenvalue weighted by molar-refractivity contribution is 5.20. The summed E-state index contributed by atoms with van der Waals surface area (Å²) in [6.07, 6.45) is 0. The van der Waals surface area contributed by atoms with Crippen molar-refractivity contribution in [2.24, 2.45) is 0 Å². The van der Waals surface area contributed by atoms with E-state index in [2.05, 4.69) is 68.2 Å². The largest absolute Gasteiger partial charge is 0.378 e. The Labute approximate surface area is 123 Å². The highest BCUT2D eigenvalue weighted by Crippen LogP contribution is 2.30. The molecule has 3 nitrogen and oxygen atoms in total. The molecule has 1 aliphatic heterocycles. The lowest BCUT2D eigenvalue weighted by atomic mass is 9.95. The molecule has 3 heteroatoms. The molecule has 0 aromatic heterocycles. The first-order valence-corrected chi connectivity index (χ1v) is 7.63. The van der Waals surface area contributed by atoms with Crippen LogP contribution in [0.4, 0.5) is 0 Å². The highest BCUT2D eigenvalue weighted by Gasteiger charge is 2.36. The first kappa shape index (κ1) is 15.5. The van der Waals surface area contributed by atoms with Crippen LogP contribution in [0, 0.1) is 0 Å². The van der Waals surface area contributed by atoms with Crippen molar-refractivity contribution in [2.45, 2.75) is 45.3 Å². The Morgan fingerprint density at radius 2 is 1.95 bits per heavy atom. The predicted octanol–water partition coefficient (Wildman–Crippen LogP) is 2.84. The number of hydrogen-bond donors (Lipinski definition) is 1. The number of nitrogens with one attached hydrogen (secondary N) is 1. The predicted molar refractivity (Wildman–Crippen MR) is 83.9 cm³/mol. The second-order valence-electron chi connectivity index (χ2n) is 6.55. The molecule has 1 fully saturated rings. The maximum atomic E-state index is 5.66. The normalized spacial score (nSPS) is 21.1. The highest BCUT2D eigenvalue weighted by atomic mass is 16.5. The number of nitrogens with zero attached hydrogens (tertiary/aromatic N) is 1. The number of rotatable bonds is 5. The first-order chi connectivity index (χ1) is 9.50. The van der Waals surface area contributed by atoms with Crippen molar-refractivity contribution in [3.05, 3.63) is 35.9 Å². The van der Waals surface area contributed by atoms with E-state index in [9.17, 15) is 0 Å². The van der Waals surface area contributed by atoms with Gasteiger partial charge in [-0.05, 0) is 19.4 Å². The summed E-state index contributed by atoms with van der Waals surface area (Å²) >= 11 is 0. The molecule has 0 bridgehead atoms. The van der Waals surface area contributed by atoms with Crippen molar-refractivity contribution < 1.29 is 4.74 Å². The lowest BCUT2D eigenvalue weighted by Crippen LogP contribution is -2.56. The zero-order valence-electron chi connectivity index (χ0n) is 13.2. The monoisotopic (exact) mass is 276 g/mol. The molecule has 1 aromatic rings. The minimum atomic E-state index is 0.0808. The van der Waals surface area contributed by atoms with E-state index >= 15 is 0 Å². The smallest absolute Gasteiger partial charge is 0.0645 e. The second kappa shape index (κ2) is 6.70. The molecule has 20 heavy (non-hydrogen) atoms. The Hall–Kier alpha value is -0.900. The summed E-state index contributed by atoms with van der Waals surface area (Å²) in [6.45, 7) is 12.6. The summed E-state index contributed by atoms with van der Waals surface area (Å²) in [5, 5.41) is 3.60. The van der Waals surface area contributed by atoms with Crippen LogP contribution < -0.4 is 5.32 Å². The van der Waals surface area contributed by atoms with E-state index in [1.165, 1.54) is 5.56 Å². The number of hydrogen-bond acceptors (Lipinski definition) is 3. The molecule has 0 aliphatic carbocycles. The van der Waals surface area contributed by atoms with Gasteiger partial charge >= 0.3 is 0 Å². The van der Waals surface area contributed by atoms with E-state index in [1.807, 2.05) is 0 Å². The van der Waals surface area contributed by atoms with Crippen LogP contribution in [0.3, 0.4) is 0 Å². The Bertz CT molecular complexity index is 403. The molecule has 0 spiro atoms. The summed E-state index contributed by atoms with van der Waals surface area (Å²) in [4.78, 5) is 2.58. The molecule has 1 N–H and O–H groups in total. The van der Waals surface area contributed by atoms with Crippen molar-refractivity contribution in [1.29, 1.82) is 0 Å². The van der Waals surface area contributed by atoms with E-state index in [4.69, 9.17) is 4.74 Å². The Kier molecular flexibility index (Phi) is 5.19. The third-order valence-corrected chi connectivity index (χ3v) is 3.99. The number of morpholine rings is 1. The van der Waals surface area contributed by atoms with E-state index < -0.39 is 0 Å². The summed E-state index contributed by atoms with van der Waals surface area (Å²) < 4.78 is 5.66. The van der Waals surface area contributed by atoms with Gasteiger partial charge in [-0.15, -0.1) is 0 Å². The zero-order chi connectivity index (χ0) is 14.6. The van der Waals surface area contributed by atoms with Crippen molar-refractivity contribution >= 4 is 0 Å². The average Bonchev–Trinajstić information content (AvgIpc) is 2.41. The van der Waals surface area contributed by atoms with E-state index in [0.29, 0.717) is 12.1 Å². The van der Waals surface area contributed by atoms with Gasteiger partial charge in [-0.1, -0.05) is 44.2 Å². The number of ether oxygens (including phenoxy) is 1. The van der Waals surface area contributed by atoms with Gasteiger partial charge in [0.2, 0.25) is 0 Å². The summed E-state index contributed by atoms with van der Waals surface area (Å²) in [5.74, 6) is 0. The van der Waals surface area contributed by atoms with Crippen LogP contribution in [0.2, 0.25) is 0 Å². The molecule has 0 saturated carbocycles. The van der Waals surface area contributed by atoms with Gasteiger partial charge in [-0.25, -0.2) is 0 Å². The topological polar surface area (TPSA) is 24.5 Å². The quantitative estimate of drug-likeness (QED) is 0.895. The lowest BCUT2D eigenvalue weighted by molar-refractivity contribution is -0.0728. The molecule has 112 valence electrons. The molecule has 1 aromatic carbocycles. The van der Waals surface area contributed by atoms with Crippen LogP contribution in [-0.2, 0) is 4.74 Å². The van der Waals surface area contributed by atoms with Gasteiger partial charge in [0.25, 0.3) is 0 Å². The molecule has 0 amide bonds. The van der Waals surface area contributed by atoms with Crippen molar-refractivity contribution in [1.82, 2.24) is 10.2 Å². The van der Waals surface area contributed by atoms with Crippen LogP contribution in [0.25, 0.3) is 0 Å². The third kappa shape index (κ3) is 3.81. The van der Waals surface area contributed by atoms with Gasteiger partial charge in [0.05, 0.1) is 13.2 Å². The summed E-state index contributed by atoms with van der Waals surface area (Å²) in [6, 6.07) is 11.7. The van der Waals surface area contributed by atoms with Crippen molar-refractivity contribution in [3.8, 4) is 0 Å². The van der Waals surface area contributed by atoms with Crippen LogP contribution in [0.1, 0.15) is 39.3 Å². The molecule has 1 saturated heterocycles. The fraction of sp³-hybridized carbons (Fsp3) is 0.647. The Morgan fingerprint density at radius 3 is 2.55 bits per heavy atom. The standard InChI is InChI=1S/C17H28N2O/c1-14(2)18-12-16(15-8-6-5-7-9-15)19-10-11-20-13-17(19,3)4/h5-9,14,16,18H,10-13H2,1-4H3. The first-order valence-electron chi connectivity index (χ1n) is 7.63. The van der Waals surface area contributed by atoms with Crippen LogP contribution in [-0.4, -0.2) is 42.8 Å². The van der Waals surface area contributed by atoms with Crippen LogP contribution in [0.5, 0.6) is 0 Å². The lowest BCUT2D eigenvalue weighted by Gasteiger charge is -2.47. The fourth-order valence-electron chi connectivity index (χ4n) is 2.88.